The van der Waals surface area contributed by atoms with E-state index in [1.807, 2.05) is 0 Å². The Morgan fingerprint density at radius 3 is 2.32 bits per heavy atom. The van der Waals surface area contributed by atoms with Crippen LogP contribution in [0.4, 0.5) is 33.7 Å². The molecule has 1 amide bonds. The summed E-state index contributed by atoms with van der Waals surface area (Å²) >= 11 is 0. The van der Waals surface area contributed by atoms with Crippen LogP contribution in [0.25, 0.3) is 10.9 Å². The van der Waals surface area contributed by atoms with Crippen LogP contribution in [0.1, 0.15) is 27.2 Å². The molecular formula is C24H20F5N7O. The van der Waals surface area contributed by atoms with Crippen LogP contribution in [0.3, 0.4) is 0 Å². The Bertz CT molecular complexity index is 1430. The Morgan fingerprint density at radius 2 is 1.70 bits per heavy atom. The number of carbonyl (C=O) groups is 1. The number of pyridine rings is 2. The molecule has 13 heteroatoms. The van der Waals surface area contributed by atoms with Gasteiger partial charge in [-0.05, 0) is 55.0 Å². The monoisotopic (exact) mass is 517 g/mol. The molecule has 0 bridgehead atoms. The van der Waals surface area contributed by atoms with E-state index in [2.05, 4.69) is 19.9 Å². The molecule has 0 aliphatic heterocycles. The fraction of sp³-hybridized carbons (Fsp3) is 0.208. The van der Waals surface area contributed by atoms with E-state index in [4.69, 9.17) is 5.73 Å². The predicted octanol–water partition coefficient (Wildman–Crippen LogP) is 4.66. The van der Waals surface area contributed by atoms with Gasteiger partial charge < -0.3 is 5.73 Å². The number of alkyl halides is 5. The number of anilines is 2. The van der Waals surface area contributed by atoms with Gasteiger partial charge in [-0.3, -0.25) is 14.8 Å². The van der Waals surface area contributed by atoms with Gasteiger partial charge in [0.1, 0.15) is 5.82 Å². The second-order valence-electron chi connectivity index (χ2n) is 8.14. The number of hydrogen-bond donors (Lipinski definition) is 1. The Kier molecular flexibility index (Phi) is 6.63. The number of benzene rings is 1. The van der Waals surface area contributed by atoms with Gasteiger partial charge in [-0.2, -0.15) is 22.0 Å². The van der Waals surface area contributed by atoms with Gasteiger partial charge in [-0.15, -0.1) is 0 Å². The van der Waals surface area contributed by atoms with Gasteiger partial charge in [0.2, 0.25) is 5.95 Å². The van der Waals surface area contributed by atoms with E-state index in [9.17, 15) is 26.7 Å². The van der Waals surface area contributed by atoms with Crippen LogP contribution < -0.4 is 10.7 Å². The Labute approximate surface area is 207 Å². The van der Waals surface area contributed by atoms with E-state index >= 15 is 0 Å². The molecule has 0 atom stereocenters. The van der Waals surface area contributed by atoms with Crippen molar-refractivity contribution in [3.05, 3.63) is 83.4 Å². The van der Waals surface area contributed by atoms with Crippen molar-refractivity contribution < 1.29 is 26.7 Å². The molecule has 4 aromatic rings. The first-order chi connectivity index (χ1) is 17.4. The molecule has 0 aliphatic carbocycles. The summed E-state index contributed by atoms with van der Waals surface area (Å²) in [5.41, 5.74) is 6.17. The van der Waals surface area contributed by atoms with Gasteiger partial charge >= 0.3 is 12.1 Å². The van der Waals surface area contributed by atoms with Gasteiger partial charge in [0.25, 0.3) is 5.91 Å². The molecule has 4 rings (SSSR count). The predicted molar refractivity (Wildman–Crippen MR) is 125 cm³/mol. The maximum Gasteiger partial charge on any atom is 0.458 e. The topological polar surface area (TPSA) is 101 Å². The molecule has 0 saturated carbocycles. The van der Waals surface area contributed by atoms with Gasteiger partial charge in [-0.1, -0.05) is 0 Å². The van der Waals surface area contributed by atoms with Crippen LogP contribution in [0.5, 0.6) is 0 Å². The molecule has 0 fully saturated rings. The maximum atomic E-state index is 13.7. The summed E-state index contributed by atoms with van der Waals surface area (Å²) in [4.78, 5) is 29.9. The highest BCUT2D eigenvalue weighted by atomic mass is 19.4. The van der Waals surface area contributed by atoms with Crippen molar-refractivity contribution in [2.45, 2.75) is 25.6 Å². The fourth-order valence-electron chi connectivity index (χ4n) is 3.48. The summed E-state index contributed by atoms with van der Waals surface area (Å²) in [7, 11) is 1.51. The van der Waals surface area contributed by atoms with Crippen molar-refractivity contribution in [2.75, 3.05) is 17.8 Å². The molecule has 0 unspecified atom stereocenters. The molecule has 0 radical (unpaired) electrons. The van der Waals surface area contributed by atoms with Crippen molar-refractivity contribution in [2.24, 2.45) is 0 Å². The molecule has 8 nitrogen and oxygen atoms in total. The van der Waals surface area contributed by atoms with Gasteiger partial charge in [-0.25, -0.2) is 20.0 Å². The van der Waals surface area contributed by atoms with E-state index in [1.165, 1.54) is 29.5 Å². The third-order valence-electron chi connectivity index (χ3n) is 5.58. The highest BCUT2D eigenvalue weighted by molar-refractivity contribution is 5.98. The molecule has 192 valence electrons. The normalized spacial score (nSPS) is 12.0. The number of hydrazine groups is 1. The number of aromatic nitrogens is 4. The number of nitrogen functional groups attached to an aromatic ring is 1. The quantitative estimate of drug-likeness (QED) is 0.293. The largest absolute Gasteiger partial charge is 0.458 e. The lowest BCUT2D eigenvalue weighted by Gasteiger charge is -2.31. The first-order valence-corrected chi connectivity index (χ1v) is 10.8. The van der Waals surface area contributed by atoms with Crippen molar-refractivity contribution in [1.29, 1.82) is 0 Å². The van der Waals surface area contributed by atoms with Crippen LogP contribution >= 0.6 is 0 Å². The van der Waals surface area contributed by atoms with Crippen LogP contribution in [-0.2, 0) is 12.5 Å². The molecule has 1 aromatic carbocycles. The summed E-state index contributed by atoms with van der Waals surface area (Å²) in [5, 5.41) is 3.18. The average Bonchev–Trinajstić information content (AvgIpc) is 2.87. The van der Waals surface area contributed by atoms with E-state index < -0.39 is 23.6 Å². The lowest BCUT2D eigenvalue weighted by Crippen LogP contribution is -2.45. The second kappa shape index (κ2) is 9.56. The molecule has 0 aliphatic rings. The maximum absolute atomic E-state index is 13.7. The smallest absolute Gasteiger partial charge is 0.383 e. The minimum absolute atomic E-state index is 0.0592. The third kappa shape index (κ3) is 5.10. The number of rotatable bonds is 6. The fourth-order valence-corrected chi connectivity index (χ4v) is 3.48. The molecule has 3 heterocycles. The zero-order valence-corrected chi connectivity index (χ0v) is 19.5. The van der Waals surface area contributed by atoms with Crippen molar-refractivity contribution in [3.8, 4) is 0 Å². The number of hydrogen-bond acceptors (Lipinski definition) is 7. The zero-order valence-electron chi connectivity index (χ0n) is 19.5. The molecule has 2 N–H and O–H groups in total. The molecule has 37 heavy (non-hydrogen) atoms. The van der Waals surface area contributed by atoms with Crippen LogP contribution in [0.2, 0.25) is 0 Å². The molecule has 3 aromatic heterocycles. The number of nitrogens with zero attached hydrogens (tertiary/aromatic N) is 6. The first-order valence-electron chi connectivity index (χ1n) is 10.8. The van der Waals surface area contributed by atoms with Crippen molar-refractivity contribution in [1.82, 2.24) is 24.9 Å². The van der Waals surface area contributed by atoms with E-state index in [-0.39, 0.29) is 23.8 Å². The number of halogens is 5. The summed E-state index contributed by atoms with van der Waals surface area (Å²) in [6.45, 7) is 1.50. The summed E-state index contributed by atoms with van der Waals surface area (Å²) < 4.78 is 65.5. The SMILES string of the molecule is Cc1cc2cc(C(=O)N(Cc3ccc(C(F)(F)C(F)(F)F)cn3)N(C)c3ncccn3)ccc2nc1N. The van der Waals surface area contributed by atoms with Gasteiger partial charge in [0, 0.05) is 42.2 Å². The van der Waals surface area contributed by atoms with E-state index in [0.717, 1.165) is 11.6 Å². The standard InChI is InChI=1S/C24H20F5N7O/c1-14-10-16-11-15(4-7-19(16)34-20(14)30)21(37)36(35(2)22-31-8-3-9-32-22)13-18-6-5-17(12-33-18)23(25,26)24(27,28)29/h3-12H,13H2,1-2H3,(H2,30,34). The Balaban J connectivity index is 1.69. The molecule has 0 spiro atoms. The highest BCUT2D eigenvalue weighted by Crippen LogP contribution is 2.43. The van der Waals surface area contributed by atoms with Crippen LogP contribution in [0, 0.1) is 6.92 Å². The summed E-state index contributed by atoms with van der Waals surface area (Å²) in [6, 6.07) is 9.78. The Hall–Kier alpha value is -4.42. The third-order valence-corrected chi connectivity index (χ3v) is 5.58. The van der Waals surface area contributed by atoms with Gasteiger partial charge in [0.05, 0.1) is 17.8 Å². The number of amides is 1. The Morgan fingerprint density at radius 1 is 1.00 bits per heavy atom. The minimum atomic E-state index is -5.77. The van der Waals surface area contributed by atoms with Crippen molar-refractivity contribution in [3.63, 3.8) is 0 Å². The summed E-state index contributed by atoms with van der Waals surface area (Å²) in [5.74, 6) is -5.09. The minimum Gasteiger partial charge on any atom is -0.383 e. The first kappa shape index (κ1) is 25.7. The lowest BCUT2D eigenvalue weighted by molar-refractivity contribution is -0.289. The van der Waals surface area contributed by atoms with Crippen molar-refractivity contribution >= 4 is 28.6 Å². The number of carbonyl (C=O) groups excluding carboxylic acids is 1. The second-order valence-corrected chi connectivity index (χ2v) is 8.14. The summed E-state index contributed by atoms with van der Waals surface area (Å²) in [6.07, 6.45) is -2.40. The number of aryl methyl sites for hydroxylation is 1. The number of fused-ring (bicyclic) bond motifs is 1. The number of nitrogens with two attached hydrogens (primary N) is 1. The lowest BCUT2D eigenvalue weighted by atomic mass is 10.1. The zero-order chi connectivity index (χ0) is 27.0. The van der Waals surface area contributed by atoms with Gasteiger partial charge in [0.15, 0.2) is 0 Å². The average molecular weight is 517 g/mol. The van der Waals surface area contributed by atoms with Crippen LogP contribution in [-0.4, -0.2) is 44.1 Å². The van der Waals surface area contributed by atoms with E-state index in [1.54, 1.807) is 37.3 Å². The molecule has 0 saturated heterocycles. The molecular weight excluding hydrogens is 497 g/mol. The highest BCUT2D eigenvalue weighted by Gasteiger charge is 2.58. The van der Waals surface area contributed by atoms with Crippen LogP contribution in [0.15, 0.2) is 61.1 Å². The van der Waals surface area contributed by atoms with E-state index in [0.29, 0.717) is 29.0 Å².